The van der Waals surface area contributed by atoms with Crippen molar-refractivity contribution in [3.05, 3.63) is 35.9 Å². The fraction of sp³-hybridized carbons (Fsp3) is 0.636. The van der Waals surface area contributed by atoms with E-state index in [1.165, 1.54) is 0 Å². The molecule has 0 aromatic heterocycles. The molecule has 8 heteroatoms. The summed E-state index contributed by atoms with van der Waals surface area (Å²) in [4.78, 5) is 30.6. The Morgan fingerprint density at radius 2 is 1.73 bits per heavy atom. The number of benzene rings is 1. The van der Waals surface area contributed by atoms with Crippen LogP contribution in [0.1, 0.15) is 26.3 Å². The molecule has 3 aliphatic rings. The van der Waals surface area contributed by atoms with E-state index in [4.69, 9.17) is 14.2 Å². The minimum Gasteiger partial charge on any atom is -0.445 e. The maximum atomic E-state index is 12.5. The highest BCUT2D eigenvalue weighted by Crippen LogP contribution is 2.29. The van der Waals surface area contributed by atoms with Crippen molar-refractivity contribution in [2.24, 2.45) is 0 Å². The molecular weight excluding hydrogens is 386 g/mol. The van der Waals surface area contributed by atoms with E-state index in [0.29, 0.717) is 32.8 Å². The maximum absolute atomic E-state index is 12.5. The number of carbonyl (C=O) groups excluding carboxylic acids is 2. The fourth-order valence-electron chi connectivity index (χ4n) is 4.27. The summed E-state index contributed by atoms with van der Waals surface area (Å²) in [7, 11) is 0. The van der Waals surface area contributed by atoms with Crippen molar-refractivity contribution in [2.75, 3.05) is 39.3 Å². The minimum atomic E-state index is -0.514. The van der Waals surface area contributed by atoms with Crippen molar-refractivity contribution in [1.29, 1.82) is 0 Å². The van der Waals surface area contributed by atoms with Gasteiger partial charge in [-0.1, -0.05) is 30.3 Å². The highest BCUT2D eigenvalue weighted by molar-refractivity contribution is 5.69. The van der Waals surface area contributed by atoms with E-state index >= 15 is 0 Å². The minimum absolute atomic E-state index is 0.00893. The topological polar surface area (TPSA) is 71.5 Å². The maximum Gasteiger partial charge on any atom is 0.410 e. The molecule has 1 aromatic carbocycles. The SMILES string of the molecule is CC(C)(C)OC(=O)N1CC2OCCN(C3CN(C(=O)OCc4ccccc4)C3)[C@H]2C1. The number of nitrogens with zero attached hydrogens (tertiary/aromatic N) is 3. The molecule has 1 unspecified atom stereocenters. The summed E-state index contributed by atoms with van der Waals surface area (Å²) >= 11 is 0. The molecule has 3 fully saturated rings. The second kappa shape index (κ2) is 8.43. The summed E-state index contributed by atoms with van der Waals surface area (Å²) in [6.07, 6.45) is -0.577. The van der Waals surface area contributed by atoms with Crippen LogP contribution in [0.2, 0.25) is 0 Å². The molecule has 3 aliphatic heterocycles. The molecule has 2 atom stereocenters. The smallest absolute Gasteiger partial charge is 0.410 e. The zero-order chi connectivity index (χ0) is 21.3. The van der Waals surface area contributed by atoms with Gasteiger partial charge in [0.05, 0.1) is 25.3 Å². The summed E-state index contributed by atoms with van der Waals surface area (Å²) in [5.41, 5.74) is 0.465. The number of carbonyl (C=O) groups is 2. The largest absolute Gasteiger partial charge is 0.445 e. The first kappa shape index (κ1) is 20.9. The Hall–Kier alpha value is -2.32. The average Bonchev–Trinajstić information content (AvgIpc) is 3.10. The first-order chi connectivity index (χ1) is 14.3. The standard InChI is InChI=1S/C22H31N3O5/c1-22(2,3)30-21(27)24-13-18-19(14-24)28-10-9-25(18)17-11-23(12-17)20(26)29-15-16-7-5-4-6-8-16/h4-8,17-19H,9-15H2,1-3H3/t18-,19?/m0/s1. The van der Waals surface area contributed by atoms with E-state index in [2.05, 4.69) is 4.90 Å². The molecule has 0 radical (unpaired) electrons. The summed E-state index contributed by atoms with van der Waals surface area (Å²) in [6.45, 7) is 9.77. The first-order valence-corrected chi connectivity index (χ1v) is 10.6. The molecule has 0 N–H and O–H groups in total. The normalized spacial score (nSPS) is 24.9. The van der Waals surface area contributed by atoms with Crippen LogP contribution in [0, 0.1) is 0 Å². The fourth-order valence-corrected chi connectivity index (χ4v) is 4.27. The number of amides is 2. The summed E-state index contributed by atoms with van der Waals surface area (Å²) < 4.78 is 16.9. The van der Waals surface area contributed by atoms with Crippen LogP contribution in [0.15, 0.2) is 30.3 Å². The number of hydrogen-bond donors (Lipinski definition) is 0. The van der Waals surface area contributed by atoms with Gasteiger partial charge in [-0.15, -0.1) is 0 Å². The first-order valence-electron chi connectivity index (χ1n) is 10.6. The zero-order valence-electron chi connectivity index (χ0n) is 18.0. The molecular formula is C22H31N3O5. The van der Waals surface area contributed by atoms with Gasteiger partial charge < -0.3 is 24.0 Å². The average molecular weight is 418 g/mol. The van der Waals surface area contributed by atoms with Crippen LogP contribution in [0.25, 0.3) is 0 Å². The Bertz CT molecular complexity index is 760. The lowest BCUT2D eigenvalue weighted by Gasteiger charge is -2.49. The van der Waals surface area contributed by atoms with Crippen molar-refractivity contribution < 1.29 is 23.8 Å². The molecule has 164 valence electrons. The molecule has 0 spiro atoms. The van der Waals surface area contributed by atoms with E-state index in [1.54, 1.807) is 9.80 Å². The van der Waals surface area contributed by atoms with Gasteiger partial charge in [-0.05, 0) is 26.3 Å². The number of rotatable bonds is 3. The lowest BCUT2D eigenvalue weighted by atomic mass is 10.0. The third kappa shape index (κ3) is 4.70. The van der Waals surface area contributed by atoms with Crippen LogP contribution >= 0.6 is 0 Å². The van der Waals surface area contributed by atoms with E-state index in [9.17, 15) is 9.59 Å². The lowest BCUT2D eigenvalue weighted by Crippen LogP contribution is -2.66. The molecule has 1 aromatic rings. The number of likely N-dealkylation sites (tertiary alicyclic amines) is 2. The van der Waals surface area contributed by atoms with E-state index in [1.807, 2.05) is 51.1 Å². The number of morpholine rings is 1. The third-order valence-corrected chi connectivity index (χ3v) is 5.79. The summed E-state index contributed by atoms with van der Waals surface area (Å²) in [6, 6.07) is 10.1. The van der Waals surface area contributed by atoms with Crippen LogP contribution < -0.4 is 0 Å². The van der Waals surface area contributed by atoms with Crippen molar-refractivity contribution in [1.82, 2.24) is 14.7 Å². The monoisotopic (exact) mass is 417 g/mol. The van der Waals surface area contributed by atoms with Crippen molar-refractivity contribution in [3.8, 4) is 0 Å². The van der Waals surface area contributed by atoms with Gasteiger partial charge >= 0.3 is 12.2 Å². The van der Waals surface area contributed by atoms with Crippen molar-refractivity contribution in [2.45, 2.75) is 51.2 Å². The van der Waals surface area contributed by atoms with E-state index in [-0.39, 0.29) is 37.0 Å². The Labute approximate surface area is 177 Å². The summed E-state index contributed by atoms with van der Waals surface area (Å²) in [5.74, 6) is 0. The van der Waals surface area contributed by atoms with Gasteiger partial charge in [0, 0.05) is 32.2 Å². The molecule has 30 heavy (non-hydrogen) atoms. The Morgan fingerprint density at radius 1 is 1.03 bits per heavy atom. The summed E-state index contributed by atoms with van der Waals surface area (Å²) in [5, 5.41) is 0. The molecule has 3 saturated heterocycles. The molecule has 0 saturated carbocycles. The highest BCUT2D eigenvalue weighted by atomic mass is 16.6. The Kier molecular flexibility index (Phi) is 5.88. The van der Waals surface area contributed by atoms with Gasteiger partial charge in [0.1, 0.15) is 12.2 Å². The zero-order valence-corrected chi connectivity index (χ0v) is 18.0. The molecule has 3 heterocycles. The molecule has 4 rings (SSSR count). The Balaban J connectivity index is 1.27. The molecule has 0 aliphatic carbocycles. The Morgan fingerprint density at radius 3 is 2.43 bits per heavy atom. The van der Waals surface area contributed by atoms with Crippen LogP contribution in [0.5, 0.6) is 0 Å². The molecule has 0 bridgehead atoms. The third-order valence-electron chi connectivity index (χ3n) is 5.79. The van der Waals surface area contributed by atoms with Gasteiger partial charge in [0.25, 0.3) is 0 Å². The quantitative estimate of drug-likeness (QED) is 0.752. The second-order valence-electron chi connectivity index (χ2n) is 9.20. The van der Waals surface area contributed by atoms with Crippen LogP contribution in [0.4, 0.5) is 9.59 Å². The highest BCUT2D eigenvalue weighted by Gasteiger charge is 2.48. The lowest BCUT2D eigenvalue weighted by molar-refractivity contribution is -0.0889. The van der Waals surface area contributed by atoms with Crippen molar-refractivity contribution >= 4 is 12.2 Å². The van der Waals surface area contributed by atoms with Crippen LogP contribution in [-0.2, 0) is 20.8 Å². The number of hydrogen-bond acceptors (Lipinski definition) is 6. The van der Waals surface area contributed by atoms with E-state index < -0.39 is 5.60 Å². The number of ether oxygens (including phenoxy) is 3. The van der Waals surface area contributed by atoms with Gasteiger partial charge in [0.2, 0.25) is 0 Å². The van der Waals surface area contributed by atoms with Crippen LogP contribution in [0.3, 0.4) is 0 Å². The number of fused-ring (bicyclic) bond motifs is 1. The predicted octanol–water partition coefficient (Wildman–Crippen LogP) is 2.33. The van der Waals surface area contributed by atoms with Gasteiger partial charge in [-0.2, -0.15) is 0 Å². The predicted molar refractivity (Wildman–Crippen MR) is 110 cm³/mol. The second-order valence-corrected chi connectivity index (χ2v) is 9.20. The molecule has 8 nitrogen and oxygen atoms in total. The van der Waals surface area contributed by atoms with Crippen LogP contribution in [-0.4, -0.2) is 90.0 Å². The van der Waals surface area contributed by atoms with Gasteiger partial charge in [-0.25, -0.2) is 9.59 Å². The van der Waals surface area contributed by atoms with Gasteiger partial charge in [0.15, 0.2) is 0 Å². The molecule has 2 amide bonds. The van der Waals surface area contributed by atoms with E-state index in [0.717, 1.165) is 12.1 Å². The van der Waals surface area contributed by atoms with Gasteiger partial charge in [-0.3, -0.25) is 4.90 Å². The van der Waals surface area contributed by atoms with Crippen molar-refractivity contribution in [3.63, 3.8) is 0 Å².